The number of likely N-dealkylation sites (tertiary alicyclic amines) is 1. The van der Waals surface area contributed by atoms with E-state index in [1.165, 1.54) is 31.4 Å². The number of piperidine rings is 1. The van der Waals surface area contributed by atoms with Gasteiger partial charge in [0.1, 0.15) is 5.75 Å². The molecule has 1 saturated heterocycles. The minimum atomic E-state index is 0.764. The van der Waals surface area contributed by atoms with Crippen molar-refractivity contribution in [1.29, 1.82) is 0 Å². The Morgan fingerprint density at radius 3 is 3.06 bits per heavy atom. The van der Waals surface area contributed by atoms with Crippen molar-refractivity contribution in [1.82, 2.24) is 4.90 Å². The predicted molar refractivity (Wildman–Crippen MR) is 65.1 cm³/mol. The Balaban J connectivity index is 1.99. The van der Waals surface area contributed by atoms with Gasteiger partial charge in [-0.15, -0.1) is 0 Å². The van der Waals surface area contributed by atoms with Crippen LogP contribution in [0.5, 0.6) is 5.75 Å². The zero-order valence-corrected chi connectivity index (χ0v) is 10.1. The van der Waals surface area contributed by atoms with Gasteiger partial charge in [-0.05, 0) is 62.0 Å². The molecule has 2 aliphatic rings. The molecule has 3 rings (SSSR count). The second kappa shape index (κ2) is 3.77. The maximum Gasteiger partial charge on any atom is 0.119 e. The molecule has 1 aliphatic heterocycles. The van der Waals surface area contributed by atoms with E-state index in [-0.39, 0.29) is 0 Å². The number of hydrogen-bond acceptors (Lipinski definition) is 2. The second-order valence-electron chi connectivity index (χ2n) is 5.12. The van der Waals surface area contributed by atoms with E-state index < -0.39 is 0 Å². The molecule has 16 heavy (non-hydrogen) atoms. The van der Waals surface area contributed by atoms with Crippen LogP contribution in [0.15, 0.2) is 18.2 Å². The number of likely N-dealkylation sites (N-methyl/N-ethyl adjacent to an activating group) is 1. The largest absolute Gasteiger partial charge is 0.497 e. The minimum Gasteiger partial charge on any atom is -0.497 e. The van der Waals surface area contributed by atoms with Gasteiger partial charge in [-0.2, -0.15) is 0 Å². The van der Waals surface area contributed by atoms with Crippen molar-refractivity contribution in [2.75, 3.05) is 20.7 Å². The molecule has 0 N–H and O–H groups in total. The summed E-state index contributed by atoms with van der Waals surface area (Å²) in [7, 11) is 4.01. The number of hydrogen-bond donors (Lipinski definition) is 0. The summed E-state index contributed by atoms with van der Waals surface area (Å²) in [5, 5.41) is 0. The highest BCUT2D eigenvalue weighted by Gasteiger charge is 2.33. The third-order valence-corrected chi connectivity index (χ3v) is 4.26. The first kappa shape index (κ1) is 10.2. The fraction of sp³-hybridized carbons (Fsp3) is 0.571. The van der Waals surface area contributed by atoms with Crippen LogP contribution < -0.4 is 4.74 Å². The zero-order chi connectivity index (χ0) is 11.1. The molecule has 86 valence electrons. The molecule has 1 aromatic rings. The van der Waals surface area contributed by atoms with Crippen molar-refractivity contribution in [3.63, 3.8) is 0 Å². The van der Waals surface area contributed by atoms with Gasteiger partial charge in [-0.25, -0.2) is 0 Å². The smallest absolute Gasteiger partial charge is 0.119 e. The van der Waals surface area contributed by atoms with Gasteiger partial charge in [0, 0.05) is 6.04 Å². The van der Waals surface area contributed by atoms with Crippen LogP contribution in [-0.2, 0) is 6.42 Å². The lowest BCUT2D eigenvalue weighted by molar-refractivity contribution is 0.157. The molecule has 1 aliphatic carbocycles. The first-order valence-electron chi connectivity index (χ1n) is 6.15. The summed E-state index contributed by atoms with van der Waals surface area (Å²) in [6, 6.07) is 7.37. The third kappa shape index (κ3) is 1.52. The number of benzene rings is 1. The lowest BCUT2D eigenvalue weighted by atomic mass is 9.75. The van der Waals surface area contributed by atoms with Crippen LogP contribution in [0.25, 0.3) is 0 Å². The van der Waals surface area contributed by atoms with Crippen LogP contribution in [-0.4, -0.2) is 31.6 Å². The van der Waals surface area contributed by atoms with Gasteiger partial charge in [0.2, 0.25) is 0 Å². The van der Waals surface area contributed by atoms with E-state index in [4.69, 9.17) is 4.74 Å². The maximum atomic E-state index is 5.33. The van der Waals surface area contributed by atoms with E-state index in [0.29, 0.717) is 0 Å². The highest BCUT2D eigenvalue weighted by molar-refractivity contribution is 5.40. The molecule has 2 bridgehead atoms. The van der Waals surface area contributed by atoms with Crippen molar-refractivity contribution in [2.45, 2.75) is 31.2 Å². The van der Waals surface area contributed by atoms with Gasteiger partial charge in [0.25, 0.3) is 0 Å². The Kier molecular flexibility index (Phi) is 2.40. The summed E-state index contributed by atoms with van der Waals surface area (Å²) in [6.07, 6.45) is 3.84. The van der Waals surface area contributed by atoms with Gasteiger partial charge in [-0.1, -0.05) is 6.07 Å². The molecule has 1 fully saturated rings. The van der Waals surface area contributed by atoms with E-state index in [0.717, 1.165) is 17.7 Å². The maximum absolute atomic E-state index is 5.33. The molecular weight excluding hydrogens is 198 g/mol. The summed E-state index contributed by atoms with van der Waals surface area (Å²) >= 11 is 0. The normalized spacial score (nSPS) is 28.6. The van der Waals surface area contributed by atoms with Gasteiger partial charge in [0.15, 0.2) is 0 Å². The van der Waals surface area contributed by atoms with Gasteiger partial charge in [-0.3, -0.25) is 0 Å². The Hall–Kier alpha value is -1.02. The molecule has 0 radical (unpaired) electrons. The summed E-state index contributed by atoms with van der Waals surface area (Å²) in [5.74, 6) is 1.77. The number of nitrogens with zero attached hydrogens (tertiary/aromatic N) is 1. The number of ether oxygens (including phenoxy) is 1. The summed E-state index contributed by atoms with van der Waals surface area (Å²) in [6.45, 7) is 1.24. The lowest BCUT2D eigenvalue weighted by Crippen LogP contribution is -2.43. The highest BCUT2D eigenvalue weighted by Crippen LogP contribution is 2.40. The van der Waals surface area contributed by atoms with Crippen molar-refractivity contribution >= 4 is 0 Å². The first-order valence-corrected chi connectivity index (χ1v) is 6.15. The van der Waals surface area contributed by atoms with Crippen molar-refractivity contribution in [3.8, 4) is 5.75 Å². The summed E-state index contributed by atoms with van der Waals surface area (Å²) < 4.78 is 5.33. The van der Waals surface area contributed by atoms with E-state index in [1.807, 2.05) is 0 Å². The molecule has 2 nitrogen and oxygen atoms in total. The van der Waals surface area contributed by atoms with E-state index in [2.05, 4.69) is 30.1 Å². The number of fused-ring (bicyclic) bond motifs is 4. The number of rotatable bonds is 1. The van der Waals surface area contributed by atoms with Crippen molar-refractivity contribution in [2.24, 2.45) is 0 Å². The molecule has 0 amide bonds. The van der Waals surface area contributed by atoms with Crippen LogP contribution in [0.2, 0.25) is 0 Å². The standard InChI is InChI=1S/C14H19NO/c1-15-6-5-11-8-12(15)7-10-3-4-13(16-2)9-14(10)11/h3-4,9,11-12H,5-8H2,1-2H3. The SMILES string of the molecule is COc1ccc2c(c1)C1CCN(C)C(C2)C1. The lowest BCUT2D eigenvalue weighted by Gasteiger charge is -2.42. The quantitative estimate of drug-likeness (QED) is 0.716. The fourth-order valence-electron chi connectivity index (χ4n) is 3.21. The van der Waals surface area contributed by atoms with Crippen LogP contribution >= 0.6 is 0 Å². The third-order valence-electron chi connectivity index (χ3n) is 4.26. The van der Waals surface area contributed by atoms with Crippen LogP contribution in [0, 0.1) is 0 Å². The fourth-order valence-corrected chi connectivity index (χ4v) is 3.21. The molecule has 1 heterocycles. The average molecular weight is 217 g/mol. The Morgan fingerprint density at radius 2 is 2.25 bits per heavy atom. The van der Waals surface area contributed by atoms with Gasteiger partial charge in [0.05, 0.1) is 7.11 Å². The number of methoxy groups -OCH3 is 1. The second-order valence-corrected chi connectivity index (χ2v) is 5.12. The summed E-state index contributed by atoms with van der Waals surface area (Å²) in [5.41, 5.74) is 3.08. The first-order chi connectivity index (χ1) is 7.78. The zero-order valence-electron chi connectivity index (χ0n) is 10.1. The molecule has 2 unspecified atom stereocenters. The van der Waals surface area contributed by atoms with Crippen LogP contribution in [0.1, 0.15) is 29.9 Å². The molecule has 1 aromatic carbocycles. The molecule has 2 atom stereocenters. The average Bonchev–Trinajstić information content (AvgIpc) is 2.33. The molecule has 0 aromatic heterocycles. The molecule has 0 spiro atoms. The molecular formula is C14H19NO. The molecule has 2 heteroatoms. The van der Waals surface area contributed by atoms with Crippen LogP contribution in [0.4, 0.5) is 0 Å². The predicted octanol–water partition coefficient (Wildman–Crippen LogP) is 2.43. The van der Waals surface area contributed by atoms with Gasteiger partial charge < -0.3 is 9.64 Å². The van der Waals surface area contributed by atoms with Gasteiger partial charge >= 0.3 is 0 Å². The van der Waals surface area contributed by atoms with Crippen molar-refractivity contribution < 1.29 is 4.74 Å². The Bertz CT molecular complexity index is 402. The van der Waals surface area contributed by atoms with Crippen molar-refractivity contribution in [3.05, 3.63) is 29.3 Å². The van der Waals surface area contributed by atoms with E-state index >= 15 is 0 Å². The van der Waals surface area contributed by atoms with Crippen LogP contribution in [0.3, 0.4) is 0 Å². The monoisotopic (exact) mass is 217 g/mol. The molecule has 0 saturated carbocycles. The van der Waals surface area contributed by atoms with E-state index in [1.54, 1.807) is 12.7 Å². The van der Waals surface area contributed by atoms with E-state index in [9.17, 15) is 0 Å². The summed E-state index contributed by atoms with van der Waals surface area (Å²) in [4.78, 5) is 2.52. The Morgan fingerprint density at radius 1 is 1.38 bits per heavy atom. The highest BCUT2D eigenvalue weighted by atomic mass is 16.5. The topological polar surface area (TPSA) is 12.5 Å². The minimum absolute atomic E-state index is 0.764. The Labute approximate surface area is 97.2 Å².